The molecule has 2 amide bonds. The molecule has 0 bridgehead atoms. The van der Waals surface area contributed by atoms with Crippen molar-refractivity contribution in [3.8, 4) is 0 Å². The molecule has 1 aliphatic heterocycles. The van der Waals surface area contributed by atoms with Crippen LogP contribution in [0.5, 0.6) is 0 Å². The summed E-state index contributed by atoms with van der Waals surface area (Å²) in [7, 11) is 0. The van der Waals surface area contributed by atoms with Crippen LogP contribution in [0.4, 0.5) is 0 Å². The molecular weight excluding hydrogens is 244 g/mol. The topological polar surface area (TPSA) is 62.6 Å². The van der Waals surface area contributed by atoms with Crippen molar-refractivity contribution in [2.45, 2.75) is 46.3 Å². The van der Waals surface area contributed by atoms with Crippen LogP contribution in [-0.4, -0.2) is 28.8 Å². The number of amides is 2. The highest BCUT2D eigenvalue weighted by atomic mass is 16.3. The highest BCUT2D eigenvalue weighted by Gasteiger charge is 2.39. The van der Waals surface area contributed by atoms with Crippen LogP contribution in [0.1, 0.15) is 32.3 Å². The number of hydrogen-bond acceptors (Lipinski definition) is 3. The largest absolute Gasteiger partial charge is 0.464 e. The van der Waals surface area contributed by atoms with Gasteiger partial charge in [-0.3, -0.25) is 9.59 Å². The van der Waals surface area contributed by atoms with E-state index < -0.39 is 12.1 Å². The van der Waals surface area contributed by atoms with Crippen molar-refractivity contribution >= 4 is 11.8 Å². The second-order valence-electron chi connectivity index (χ2n) is 5.38. The molecule has 1 aromatic heterocycles. The van der Waals surface area contributed by atoms with Crippen LogP contribution in [0.25, 0.3) is 0 Å². The van der Waals surface area contributed by atoms with Gasteiger partial charge in [0, 0.05) is 0 Å². The molecular formula is C14H20N2O3. The van der Waals surface area contributed by atoms with Crippen LogP contribution < -0.4 is 5.32 Å². The molecule has 1 saturated heterocycles. The zero-order valence-corrected chi connectivity index (χ0v) is 11.8. The molecule has 2 heterocycles. The number of hydrogen-bond donors (Lipinski definition) is 1. The summed E-state index contributed by atoms with van der Waals surface area (Å²) in [6, 6.07) is 2.79. The zero-order valence-electron chi connectivity index (χ0n) is 11.8. The Labute approximate surface area is 113 Å². The summed E-state index contributed by atoms with van der Waals surface area (Å²) in [5.74, 6) is 1.43. The molecule has 1 aliphatic rings. The third-order valence-electron chi connectivity index (χ3n) is 3.48. The number of nitrogens with one attached hydrogen (secondary N) is 1. The highest BCUT2D eigenvalue weighted by molar-refractivity contribution is 5.96. The molecule has 2 atom stereocenters. The molecule has 5 nitrogen and oxygen atoms in total. The van der Waals surface area contributed by atoms with E-state index >= 15 is 0 Å². The fourth-order valence-corrected chi connectivity index (χ4v) is 2.25. The summed E-state index contributed by atoms with van der Waals surface area (Å²) >= 11 is 0. The van der Waals surface area contributed by atoms with E-state index in [0.29, 0.717) is 12.3 Å². The fourth-order valence-electron chi connectivity index (χ4n) is 2.25. The quantitative estimate of drug-likeness (QED) is 0.899. The number of furan rings is 1. The van der Waals surface area contributed by atoms with Gasteiger partial charge >= 0.3 is 0 Å². The van der Waals surface area contributed by atoms with Crippen molar-refractivity contribution in [3.05, 3.63) is 23.7 Å². The monoisotopic (exact) mass is 264 g/mol. The summed E-state index contributed by atoms with van der Waals surface area (Å²) in [4.78, 5) is 25.9. The molecule has 1 aromatic rings. The van der Waals surface area contributed by atoms with Crippen molar-refractivity contribution in [1.82, 2.24) is 10.2 Å². The summed E-state index contributed by atoms with van der Waals surface area (Å²) in [5, 5.41) is 2.78. The average Bonchev–Trinajstić information content (AvgIpc) is 2.74. The number of piperazine rings is 1. The molecule has 1 fully saturated rings. The molecule has 2 unspecified atom stereocenters. The van der Waals surface area contributed by atoms with Crippen molar-refractivity contribution < 1.29 is 14.0 Å². The van der Waals surface area contributed by atoms with E-state index in [2.05, 4.69) is 5.32 Å². The Morgan fingerprint density at radius 3 is 2.58 bits per heavy atom. The maximum Gasteiger partial charge on any atom is 0.246 e. The highest BCUT2D eigenvalue weighted by Crippen LogP contribution is 2.19. The van der Waals surface area contributed by atoms with E-state index in [-0.39, 0.29) is 17.7 Å². The predicted octanol–water partition coefficient (Wildman–Crippen LogP) is 1.46. The first kappa shape index (κ1) is 13.6. The Hall–Kier alpha value is -1.78. The van der Waals surface area contributed by atoms with E-state index in [4.69, 9.17) is 4.42 Å². The van der Waals surface area contributed by atoms with Crippen molar-refractivity contribution in [3.63, 3.8) is 0 Å². The minimum Gasteiger partial charge on any atom is -0.464 e. The summed E-state index contributed by atoms with van der Waals surface area (Å²) in [6.07, 6.45) is 0. The first-order chi connectivity index (χ1) is 8.90. The van der Waals surface area contributed by atoms with Gasteiger partial charge in [0.2, 0.25) is 11.8 Å². The van der Waals surface area contributed by atoms with Gasteiger partial charge in [-0.25, -0.2) is 0 Å². The zero-order chi connectivity index (χ0) is 14.2. The van der Waals surface area contributed by atoms with E-state index in [1.807, 2.05) is 32.9 Å². The van der Waals surface area contributed by atoms with E-state index in [1.54, 1.807) is 11.8 Å². The fraction of sp³-hybridized carbons (Fsp3) is 0.571. The number of rotatable bonds is 3. The van der Waals surface area contributed by atoms with Crippen molar-refractivity contribution in [2.24, 2.45) is 5.92 Å². The van der Waals surface area contributed by atoms with Crippen LogP contribution in [0.15, 0.2) is 16.5 Å². The van der Waals surface area contributed by atoms with Crippen LogP contribution in [0.2, 0.25) is 0 Å². The van der Waals surface area contributed by atoms with Gasteiger partial charge in [0.05, 0.1) is 6.54 Å². The summed E-state index contributed by atoms with van der Waals surface area (Å²) < 4.78 is 5.49. The Kier molecular flexibility index (Phi) is 3.64. The van der Waals surface area contributed by atoms with Gasteiger partial charge in [0.15, 0.2) is 0 Å². The maximum atomic E-state index is 12.4. The van der Waals surface area contributed by atoms with E-state index in [1.165, 1.54) is 0 Å². The van der Waals surface area contributed by atoms with Crippen LogP contribution >= 0.6 is 0 Å². The van der Waals surface area contributed by atoms with Gasteiger partial charge in [-0.2, -0.15) is 0 Å². The second-order valence-corrected chi connectivity index (χ2v) is 5.38. The van der Waals surface area contributed by atoms with E-state index in [9.17, 15) is 9.59 Å². The normalized spacial score (nSPS) is 23.9. The van der Waals surface area contributed by atoms with Gasteiger partial charge in [-0.05, 0) is 31.9 Å². The molecule has 2 rings (SSSR count). The van der Waals surface area contributed by atoms with Crippen molar-refractivity contribution in [2.75, 3.05) is 0 Å². The molecule has 104 valence electrons. The molecule has 0 aromatic carbocycles. The lowest BCUT2D eigenvalue weighted by Crippen LogP contribution is -2.63. The van der Waals surface area contributed by atoms with Gasteiger partial charge in [0.25, 0.3) is 0 Å². The number of aryl methyl sites for hydroxylation is 1. The molecule has 0 saturated carbocycles. The standard InChI is InChI=1S/C14H20N2O3/c1-8(2)12-14(18)16(10(4)13(17)15-12)7-11-6-5-9(3)19-11/h5-6,8,10,12H,7H2,1-4H3,(H,15,17). The van der Waals surface area contributed by atoms with Crippen LogP contribution in [0.3, 0.4) is 0 Å². The number of nitrogens with zero attached hydrogens (tertiary/aromatic N) is 1. The predicted molar refractivity (Wildman–Crippen MR) is 70.2 cm³/mol. The Morgan fingerprint density at radius 2 is 2.05 bits per heavy atom. The number of carbonyl (C=O) groups is 2. The smallest absolute Gasteiger partial charge is 0.246 e. The van der Waals surface area contributed by atoms with Gasteiger partial charge < -0.3 is 14.6 Å². The van der Waals surface area contributed by atoms with Crippen LogP contribution in [-0.2, 0) is 16.1 Å². The Bertz CT molecular complexity index is 493. The third-order valence-corrected chi connectivity index (χ3v) is 3.48. The molecule has 0 radical (unpaired) electrons. The Morgan fingerprint density at radius 1 is 1.37 bits per heavy atom. The molecule has 5 heteroatoms. The van der Waals surface area contributed by atoms with E-state index in [0.717, 1.165) is 5.76 Å². The van der Waals surface area contributed by atoms with Gasteiger partial charge in [-0.15, -0.1) is 0 Å². The molecule has 0 aliphatic carbocycles. The molecule has 1 N–H and O–H groups in total. The first-order valence-electron chi connectivity index (χ1n) is 6.56. The molecule has 19 heavy (non-hydrogen) atoms. The lowest BCUT2D eigenvalue weighted by Gasteiger charge is -2.38. The summed E-state index contributed by atoms with van der Waals surface area (Å²) in [6.45, 7) is 7.78. The average molecular weight is 264 g/mol. The maximum absolute atomic E-state index is 12.4. The van der Waals surface area contributed by atoms with Crippen molar-refractivity contribution in [1.29, 1.82) is 0 Å². The molecule has 0 spiro atoms. The lowest BCUT2D eigenvalue weighted by atomic mass is 9.98. The number of carbonyl (C=O) groups excluding carboxylic acids is 2. The van der Waals surface area contributed by atoms with Gasteiger partial charge in [-0.1, -0.05) is 13.8 Å². The Balaban J connectivity index is 2.20. The van der Waals surface area contributed by atoms with Crippen LogP contribution in [0, 0.1) is 12.8 Å². The van der Waals surface area contributed by atoms with Gasteiger partial charge in [0.1, 0.15) is 23.6 Å². The lowest BCUT2D eigenvalue weighted by molar-refractivity contribution is -0.150. The minimum atomic E-state index is -0.465. The minimum absolute atomic E-state index is 0.0452. The summed E-state index contributed by atoms with van der Waals surface area (Å²) in [5.41, 5.74) is 0. The first-order valence-corrected chi connectivity index (χ1v) is 6.56. The SMILES string of the molecule is Cc1ccc(CN2C(=O)C(C(C)C)NC(=O)C2C)o1. The third kappa shape index (κ3) is 2.64. The second kappa shape index (κ2) is 5.07.